The zero-order valence-corrected chi connectivity index (χ0v) is 8.87. The molecule has 1 rings (SSSR count). The molecule has 0 heterocycles. The van der Waals surface area contributed by atoms with E-state index in [-0.39, 0.29) is 12.6 Å². The molecule has 0 spiro atoms. The van der Waals surface area contributed by atoms with Crippen LogP contribution in [0.5, 0.6) is 5.75 Å². The summed E-state index contributed by atoms with van der Waals surface area (Å²) in [6.45, 7) is 3.89. The first kappa shape index (κ1) is 11.0. The molecule has 0 saturated carbocycles. The Hall–Kier alpha value is -1.06. The third kappa shape index (κ3) is 2.05. The van der Waals surface area contributed by atoms with Crippen LogP contribution in [0.2, 0.25) is 0 Å². The van der Waals surface area contributed by atoms with Crippen LogP contribution >= 0.6 is 0 Å². The molecule has 0 amide bonds. The molecule has 3 N–H and O–H groups in total. The van der Waals surface area contributed by atoms with Gasteiger partial charge in [0.25, 0.3) is 0 Å². The van der Waals surface area contributed by atoms with Crippen LogP contribution < -0.4 is 10.5 Å². The van der Waals surface area contributed by atoms with E-state index in [9.17, 15) is 0 Å². The summed E-state index contributed by atoms with van der Waals surface area (Å²) < 4.78 is 5.19. The normalized spacial score (nSPS) is 12.6. The molecule has 1 aromatic rings. The molecule has 1 atom stereocenters. The van der Waals surface area contributed by atoms with E-state index in [1.807, 2.05) is 26.0 Å². The summed E-state index contributed by atoms with van der Waals surface area (Å²) in [6.07, 6.45) is 0. The number of benzene rings is 1. The van der Waals surface area contributed by atoms with Gasteiger partial charge >= 0.3 is 0 Å². The Morgan fingerprint density at radius 3 is 2.50 bits per heavy atom. The van der Waals surface area contributed by atoms with E-state index < -0.39 is 0 Å². The van der Waals surface area contributed by atoms with E-state index >= 15 is 0 Å². The van der Waals surface area contributed by atoms with Gasteiger partial charge in [0.15, 0.2) is 0 Å². The number of hydrogen-bond acceptors (Lipinski definition) is 3. The molecule has 14 heavy (non-hydrogen) atoms. The van der Waals surface area contributed by atoms with Crippen LogP contribution in [-0.2, 0) is 0 Å². The highest BCUT2D eigenvalue weighted by molar-refractivity contribution is 5.42. The van der Waals surface area contributed by atoms with Crippen molar-refractivity contribution in [2.75, 3.05) is 13.7 Å². The smallest absolute Gasteiger partial charge is 0.122 e. The predicted octanol–water partition coefficient (Wildman–Crippen LogP) is 1.30. The first-order valence-corrected chi connectivity index (χ1v) is 4.61. The number of aliphatic hydroxyl groups excluding tert-OH is 1. The van der Waals surface area contributed by atoms with Crippen LogP contribution in [-0.4, -0.2) is 18.8 Å². The van der Waals surface area contributed by atoms with Crippen molar-refractivity contribution in [3.63, 3.8) is 0 Å². The van der Waals surface area contributed by atoms with E-state index in [2.05, 4.69) is 0 Å². The highest BCUT2D eigenvalue weighted by Gasteiger charge is 2.10. The van der Waals surface area contributed by atoms with E-state index in [0.717, 1.165) is 22.4 Å². The van der Waals surface area contributed by atoms with Gasteiger partial charge < -0.3 is 15.6 Å². The van der Waals surface area contributed by atoms with Gasteiger partial charge in [-0.1, -0.05) is 6.07 Å². The van der Waals surface area contributed by atoms with Crippen molar-refractivity contribution in [1.82, 2.24) is 0 Å². The monoisotopic (exact) mass is 195 g/mol. The van der Waals surface area contributed by atoms with Crippen molar-refractivity contribution < 1.29 is 9.84 Å². The lowest BCUT2D eigenvalue weighted by Crippen LogP contribution is -2.16. The summed E-state index contributed by atoms with van der Waals surface area (Å²) in [5.41, 5.74) is 8.83. The molecule has 0 aromatic heterocycles. The van der Waals surface area contributed by atoms with Crippen molar-refractivity contribution in [3.8, 4) is 5.75 Å². The molecule has 0 aliphatic carbocycles. The molecular formula is C11H17NO2. The Bertz CT molecular complexity index is 323. The van der Waals surface area contributed by atoms with E-state index in [4.69, 9.17) is 15.6 Å². The third-order valence-electron chi connectivity index (χ3n) is 2.38. The molecule has 1 aromatic carbocycles. The Kier molecular flexibility index (Phi) is 3.49. The second-order valence-electron chi connectivity index (χ2n) is 3.47. The van der Waals surface area contributed by atoms with Crippen molar-refractivity contribution in [2.45, 2.75) is 19.9 Å². The Balaban J connectivity index is 3.14. The van der Waals surface area contributed by atoms with Gasteiger partial charge in [0.2, 0.25) is 0 Å². The molecule has 0 fully saturated rings. The average Bonchev–Trinajstić information content (AvgIpc) is 2.19. The molecule has 0 bridgehead atoms. The Labute approximate surface area is 84.5 Å². The average molecular weight is 195 g/mol. The third-order valence-corrected chi connectivity index (χ3v) is 2.38. The number of aryl methyl sites for hydroxylation is 2. The highest BCUT2D eigenvalue weighted by atomic mass is 16.5. The molecule has 3 heteroatoms. The predicted molar refractivity (Wildman–Crippen MR) is 56.5 cm³/mol. The van der Waals surface area contributed by atoms with Gasteiger partial charge in [-0.3, -0.25) is 0 Å². The number of aliphatic hydroxyl groups is 1. The van der Waals surface area contributed by atoms with Gasteiger partial charge in [-0.05, 0) is 36.6 Å². The van der Waals surface area contributed by atoms with Gasteiger partial charge in [-0.25, -0.2) is 0 Å². The van der Waals surface area contributed by atoms with Crippen LogP contribution in [0.4, 0.5) is 0 Å². The zero-order chi connectivity index (χ0) is 10.7. The minimum Gasteiger partial charge on any atom is -0.496 e. The molecule has 0 aliphatic rings. The molecule has 0 aliphatic heterocycles. The van der Waals surface area contributed by atoms with E-state index in [1.165, 1.54) is 0 Å². The van der Waals surface area contributed by atoms with Gasteiger partial charge in [0, 0.05) is 0 Å². The van der Waals surface area contributed by atoms with Crippen LogP contribution in [0, 0.1) is 13.8 Å². The van der Waals surface area contributed by atoms with Gasteiger partial charge in [-0.15, -0.1) is 0 Å². The first-order valence-electron chi connectivity index (χ1n) is 4.61. The van der Waals surface area contributed by atoms with Crippen LogP contribution in [0.3, 0.4) is 0 Å². The summed E-state index contributed by atoms with van der Waals surface area (Å²) >= 11 is 0. The second-order valence-corrected chi connectivity index (χ2v) is 3.47. The number of methoxy groups -OCH3 is 1. The second kappa shape index (κ2) is 4.44. The van der Waals surface area contributed by atoms with E-state index in [1.54, 1.807) is 7.11 Å². The standard InChI is InChI=1S/C11H17NO2/c1-7-5-11(14-3)8(2)4-9(7)10(12)6-13/h4-5,10,13H,6,12H2,1-3H3/t10-/m0/s1. The molecule has 3 nitrogen and oxygen atoms in total. The van der Waals surface area contributed by atoms with Gasteiger partial charge in [0.05, 0.1) is 19.8 Å². The molecular weight excluding hydrogens is 178 g/mol. The molecule has 0 radical (unpaired) electrons. The number of ether oxygens (including phenoxy) is 1. The summed E-state index contributed by atoms with van der Waals surface area (Å²) in [5, 5.41) is 8.97. The summed E-state index contributed by atoms with van der Waals surface area (Å²) in [4.78, 5) is 0. The number of nitrogens with two attached hydrogens (primary N) is 1. The van der Waals surface area contributed by atoms with Crippen LogP contribution in [0.15, 0.2) is 12.1 Å². The van der Waals surface area contributed by atoms with Crippen LogP contribution in [0.25, 0.3) is 0 Å². The van der Waals surface area contributed by atoms with Crippen molar-refractivity contribution in [3.05, 3.63) is 28.8 Å². The largest absolute Gasteiger partial charge is 0.496 e. The maximum Gasteiger partial charge on any atom is 0.122 e. The number of hydrogen-bond donors (Lipinski definition) is 2. The van der Waals surface area contributed by atoms with Gasteiger partial charge in [-0.2, -0.15) is 0 Å². The summed E-state index contributed by atoms with van der Waals surface area (Å²) in [7, 11) is 1.65. The number of rotatable bonds is 3. The van der Waals surface area contributed by atoms with Crippen molar-refractivity contribution in [1.29, 1.82) is 0 Å². The maximum absolute atomic E-state index is 8.97. The lowest BCUT2D eigenvalue weighted by molar-refractivity contribution is 0.267. The highest BCUT2D eigenvalue weighted by Crippen LogP contribution is 2.25. The SMILES string of the molecule is COc1cc(C)c([C@@H](N)CO)cc1C. The lowest BCUT2D eigenvalue weighted by Gasteiger charge is -2.15. The van der Waals surface area contributed by atoms with Crippen LogP contribution in [0.1, 0.15) is 22.7 Å². The zero-order valence-electron chi connectivity index (χ0n) is 8.87. The fourth-order valence-electron chi connectivity index (χ4n) is 1.53. The molecule has 0 saturated heterocycles. The fourth-order valence-corrected chi connectivity index (χ4v) is 1.53. The topological polar surface area (TPSA) is 55.5 Å². The van der Waals surface area contributed by atoms with Crippen molar-refractivity contribution in [2.24, 2.45) is 5.73 Å². The van der Waals surface area contributed by atoms with Crippen molar-refractivity contribution >= 4 is 0 Å². The Morgan fingerprint density at radius 1 is 1.36 bits per heavy atom. The molecule has 78 valence electrons. The minimum atomic E-state index is -0.306. The van der Waals surface area contributed by atoms with E-state index in [0.29, 0.717) is 0 Å². The summed E-state index contributed by atoms with van der Waals surface area (Å²) in [5.74, 6) is 0.858. The quantitative estimate of drug-likeness (QED) is 0.764. The Morgan fingerprint density at radius 2 is 2.00 bits per heavy atom. The lowest BCUT2D eigenvalue weighted by atomic mass is 9.99. The summed E-state index contributed by atoms with van der Waals surface area (Å²) in [6, 6.07) is 3.61. The van der Waals surface area contributed by atoms with Gasteiger partial charge in [0.1, 0.15) is 5.75 Å². The minimum absolute atomic E-state index is 0.0351. The maximum atomic E-state index is 8.97. The first-order chi connectivity index (χ1) is 6.60. The fraction of sp³-hybridized carbons (Fsp3) is 0.455. The molecule has 0 unspecified atom stereocenters.